The number of likely N-dealkylation sites (N-methyl/N-ethyl adjacent to an activating group) is 1. The SMILES string of the molecule is C=C(C)OC(=O)N(C)CC(N)Cc1ccccc1. The minimum atomic E-state index is -0.425. The van der Waals surface area contributed by atoms with Crippen molar-refractivity contribution in [3.05, 3.63) is 48.2 Å². The Morgan fingerprint density at radius 2 is 2.06 bits per heavy atom. The predicted octanol–water partition coefficient (Wildman–Crippen LogP) is 2.16. The number of carbonyl (C=O) groups is 1. The molecule has 1 rings (SSSR count). The molecule has 2 N–H and O–H groups in total. The van der Waals surface area contributed by atoms with Crippen LogP contribution in [0, 0.1) is 0 Å². The summed E-state index contributed by atoms with van der Waals surface area (Å²) in [5.74, 6) is 0.378. The Labute approximate surface area is 108 Å². The smallest absolute Gasteiger partial charge is 0.414 e. The quantitative estimate of drug-likeness (QED) is 0.812. The predicted molar refractivity (Wildman–Crippen MR) is 72.0 cm³/mol. The van der Waals surface area contributed by atoms with Crippen molar-refractivity contribution in [1.29, 1.82) is 0 Å². The number of hydrogen-bond donors (Lipinski definition) is 1. The third-order valence-electron chi connectivity index (χ3n) is 2.42. The van der Waals surface area contributed by atoms with Crippen molar-refractivity contribution >= 4 is 6.09 Å². The van der Waals surface area contributed by atoms with E-state index in [2.05, 4.69) is 6.58 Å². The van der Waals surface area contributed by atoms with Crippen molar-refractivity contribution in [2.24, 2.45) is 5.73 Å². The van der Waals surface area contributed by atoms with Gasteiger partial charge in [0.2, 0.25) is 0 Å². The van der Waals surface area contributed by atoms with Gasteiger partial charge in [-0.3, -0.25) is 0 Å². The summed E-state index contributed by atoms with van der Waals surface area (Å²) >= 11 is 0. The van der Waals surface area contributed by atoms with Crippen molar-refractivity contribution < 1.29 is 9.53 Å². The zero-order chi connectivity index (χ0) is 13.5. The van der Waals surface area contributed by atoms with Crippen LogP contribution in [0.2, 0.25) is 0 Å². The molecule has 0 aliphatic rings. The number of ether oxygens (including phenoxy) is 1. The highest BCUT2D eigenvalue weighted by atomic mass is 16.6. The van der Waals surface area contributed by atoms with Gasteiger partial charge >= 0.3 is 6.09 Å². The lowest BCUT2D eigenvalue weighted by Crippen LogP contribution is -2.40. The Morgan fingerprint density at radius 1 is 1.44 bits per heavy atom. The zero-order valence-corrected chi connectivity index (χ0v) is 10.9. The van der Waals surface area contributed by atoms with Gasteiger partial charge in [-0.2, -0.15) is 0 Å². The molecule has 0 radical (unpaired) electrons. The third kappa shape index (κ3) is 5.01. The van der Waals surface area contributed by atoms with Crippen LogP contribution in [-0.4, -0.2) is 30.6 Å². The summed E-state index contributed by atoms with van der Waals surface area (Å²) in [6.07, 6.45) is 0.303. The number of nitrogens with zero attached hydrogens (tertiary/aromatic N) is 1. The van der Waals surface area contributed by atoms with E-state index in [1.54, 1.807) is 14.0 Å². The second-order valence-corrected chi connectivity index (χ2v) is 4.40. The summed E-state index contributed by atoms with van der Waals surface area (Å²) in [5, 5.41) is 0. The van der Waals surface area contributed by atoms with Crippen LogP contribution in [0.15, 0.2) is 42.7 Å². The number of allylic oxidation sites excluding steroid dienone is 1. The van der Waals surface area contributed by atoms with Crippen molar-refractivity contribution in [2.45, 2.75) is 19.4 Å². The Bertz CT molecular complexity index is 404. The maximum Gasteiger partial charge on any atom is 0.414 e. The molecule has 0 heterocycles. The van der Waals surface area contributed by atoms with Crippen LogP contribution in [0.5, 0.6) is 0 Å². The minimum absolute atomic E-state index is 0.116. The van der Waals surface area contributed by atoms with E-state index in [0.29, 0.717) is 12.3 Å². The van der Waals surface area contributed by atoms with E-state index in [4.69, 9.17) is 10.5 Å². The first-order valence-electron chi connectivity index (χ1n) is 5.87. The van der Waals surface area contributed by atoms with E-state index in [0.717, 1.165) is 12.0 Å². The van der Waals surface area contributed by atoms with Crippen molar-refractivity contribution in [2.75, 3.05) is 13.6 Å². The lowest BCUT2D eigenvalue weighted by molar-refractivity contribution is 0.136. The highest BCUT2D eigenvalue weighted by Crippen LogP contribution is 2.04. The maximum atomic E-state index is 11.5. The molecule has 4 nitrogen and oxygen atoms in total. The number of hydrogen-bond acceptors (Lipinski definition) is 3. The molecule has 1 unspecified atom stereocenters. The zero-order valence-electron chi connectivity index (χ0n) is 10.9. The number of amides is 1. The van der Waals surface area contributed by atoms with Crippen LogP contribution < -0.4 is 5.73 Å². The van der Waals surface area contributed by atoms with Crippen LogP contribution in [0.1, 0.15) is 12.5 Å². The average molecular weight is 248 g/mol. The Hall–Kier alpha value is -1.81. The van der Waals surface area contributed by atoms with E-state index in [1.807, 2.05) is 30.3 Å². The summed E-state index contributed by atoms with van der Waals surface area (Å²) in [6, 6.07) is 9.83. The van der Waals surface area contributed by atoms with Gasteiger partial charge in [-0.05, 0) is 18.9 Å². The molecule has 1 atom stereocenters. The van der Waals surface area contributed by atoms with Gasteiger partial charge in [-0.15, -0.1) is 0 Å². The van der Waals surface area contributed by atoms with Crippen molar-refractivity contribution in [3.63, 3.8) is 0 Å². The molecule has 0 spiro atoms. The van der Waals surface area contributed by atoms with E-state index in [9.17, 15) is 4.79 Å². The summed E-state index contributed by atoms with van der Waals surface area (Å²) in [6.45, 7) is 5.60. The molecule has 0 aliphatic carbocycles. The van der Waals surface area contributed by atoms with Gasteiger partial charge in [-0.1, -0.05) is 36.9 Å². The molecule has 1 aromatic rings. The Kier molecular flexibility index (Phi) is 5.39. The first-order valence-corrected chi connectivity index (χ1v) is 5.87. The fourth-order valence-electron chi connectivity index (χ4n) is 1.63. The molecule has 1 amide bonds. The lowest BCUT2D eigenvalue weighted by Gasteiger charge is -2.21. The standard InChI is InChI=1S/C14H20N2O2/c1-11(2)18-14(17)16(3)10-13(15)9-12-7-5-4-6-8-12/h4-8,13H,1,9-10,15H2,2-3H3. The van der Waals surface area contributed by atoms with Gasteiger partial charge in [0, 0.05) is 19.6 Å². The molecule has 98 valence electrons. The van der Waals surface area contributed by atoms with Crippen LogP contribution in [0.4, 0.5) is 4.79 Å². The molecule has 0 saturated heterocycles. The highest BCUT2D eigenvalue weighted by molar-refractivity contribution is 5.68. The van der Waals surface area contributed by atoms with E-state index >= 15 is 0 Å². The molecule has 0 saturated carbocycles. The molecule has 0 bridgehead atoms. The first-order chi connectivity index (χ1) is 8.49. The van der Waals surface area contributed by atoms with Gasteiger partial charge in [0.15, 0.2) is 0 Å². The molecule has 4 heteroatoms. The van der Waals surface area contributed by atoms with Crippen LogP contribution in [0.25, 0.3) is 0 Å². The molecule has 0 aromatic heterocycles. The molecular formula is C14H20N2O2. The van der Waals surface area contributed by atoms with Gasteiger partial charge < -0.3 is 15.4 Å². The summed E-state index contributed by atoms with van der Waals surface area (Å²) in [4.78, 5) is 13.0. The second-order valence-electron chi connectivity index (χ2n) is 4.40. The average Bonchev–Trinajstić information content (AvgIpc) is 2.29. The first kappa shape index (κ1) is 14.3. The summed E-state index contributed by atoms with van der Waals surface area (Å²) in [5.41, 5.74) is 7.16. The van der Waals surface area contributed by atoms with E-state index < -0.39 is 6.09 Å². The molecule has 0 aliphatic heterocycles. The third-order valence-corrected chi connectivity index (χ3v) is 2.42. The monoisotopic (exact) mass is 248 g/mol. The van der Waals surface area contributed by atoms with Gasteiger partial charge in [0.1, 0.15) is 0 Å². The number of nitrogens with two attached hydrogens (primary N) is 1. The largest absolute Gasteiger partial charge is 0.416 e. The Balaban J connectivity index is 2.42. The number of rotatable bonds is 5. The van der Waals surface area contributed by atoms with E-state index in [-0.39, 0.29) is 6.04 Å². The summed E-state index contributed by atoms with van der Waals surface area (Å²) < 4.78 is 4.90. The Morgan fingerprint density at radius 3 is 2.61 bits per heavy atom. The van der Waals surface area contributed by atoms with Gasteiger partial charge in [0.25, 0.3) is 0 Å². The summed E-state index contributed by atoms with van der Waals surface area (Å²) in [7, 11) is 1.66. The number of carbonyl (C=O) groups excluding carboxylic acids is 1. The maximum absolute atomic E-state index is 11.5. The van der Waals surface area contributed by atoms with Crippen molar-refractivity contribution in [3.8, 4) is 0 Å². The molecule has 1 aromatic carbocycles. The highest BCUT2D eigenvalue weighted by Gasteiger charge is 2.14. The second kappa shape index (κ2) is 6.81. The van der Waals surface area contributed by atoms with Crippen LogP contribution in [0.3, 0.4) is 0 Å². The van der Waals surface area contributed by atoms with Gasteiger partial charge in [0.05, 0.1) is 5.76 Å². The lowest BCUT2D eigenvalue weighted by atomic mass is 10.1. The minimum Gasteiger partial charge on any atom is -0.416 e. The fraction of sp³-hybridized carbons (Fsp3) is 0.357. The molecule has 18 heavy (non-hydrogen) atoms. The van der Waals surface area contributed by atoms with Crippen LogP contribution in [-0.2, 0) is 11.2 Å². The van der Waals surface area contributed by atoms with E-state index in [1.165, 1.54) is 4.90 Å². The van der Waals surface area contributed by atoms with Crippen LogP contribution >= 0.6 is 0 Å². The number of benzene rings is 1. The molecular weight excluding hydrogens is 228 g/mol. The molecule has 0 fully saturated rings. The van der Waals surface area contributed by atoms with Gasteiger partial charge in [-0.25, -0.2) is 4.79 Å². The normalized spacial score (nSPS) is 11.7. The topological polar surface area (TPSA) is 55.6 Å². The van der Waals surface area contributed by atoms with Crippen molar-refractivity contribution in [1.82, 2.24) is 4.90 Å². The fourth-order valence-corrected chi connectivity index (χ4v) is 1.63.